The number of carbonyl (C=O) groups is 3. The Morgan fingerprint density at radius 3 is 2.62 bits per heavy atom. The molecule has 0 bridgehead atoms. The number of guanidine groups is 1. The van der Waals surface area contributed by atoms with Crippen LogP contribution in [0.1, 0.15) is 66.2 Å². The number of methoxy groups -OCH3 is 1. The van der Waals surface area contributed by atoms with Crippen LogP contribution in [0.2, 0.25) is 0 Å². The minimum atomic E-state index is -0.880. The predicted octanol–water partition coefficient (Wildman–Crippen LogP) is 3.34. The van der Waals surface area contributed by atoms with Crippen molar-refractivity contribution in [3.05, 3.63) is 12.7 Å². The molecule has 32 heavy (non-hydrogen) atoms. The smallest absolute Gasteiger partial charge is 0.437 e. The molecule has 0 unspecified atom stereocenters. The monoisotopic (exact) mass is 451 g/mol. The lowest BCUT2D eigenvalue weighted by Gasteiger charge is -2.45. The van der Waals surface area contributed by atoms with Crippen molar-refractivity contribution in [1.29, 1.82) is 0 Å². The molecule has 2 amide bonds. The lowest BCUT2D eigenvalue weighted by molar-refractivity contribution is -0.140. The van der Waals surface area contributed by atoms with Crippen LogP contribution in [-0.2, 0) is 19.1 Å². The maximum atomic E-state index is 13.5. The van der Waals surface area contributed by atoms with Gasteiger partial charge >= 0.3 is 12.1 Å². The number of amides is 2. The summed E-state index contributed by atoms with van der Waals surface area (Å²) in [6, 6.07) is -0.438. The van der Waals surface area contributed by atoms with Gasteiger partial charge in [0.05, 0.1) is 12.3 Å². The highest BCUT2D eigenvalue weighted by Gasteiger charge is 2.53. The molecule has 0 aromatic heterocycles. The van der Waals surface area contributed by atoms with Crippen molar-refractivity contribution in [2.75, 3.05) is 13.7 Å². The molecule has 1 aliphatic carbocycles. The molecule has 2 aliphatic rings. The van der Waals surface area contributed by atoms with E-state index in [1.54, 1.807) is 34.0 Å². The van der Waals surface area contributed by atoms with Crippen LogP contribution in [0, 0.1) is 11.8 Å². The van der Waals surface area contributed by atoms with Crippen molar-refractivity contribution in [2.45, 2.75) is 83.4 Å². The maximum Gasteiger partial charge on any atom is 0.437 e. The van der Waals surface area contributed by atoms with E-state index in [1.807, 2.05) is 6.92 Å². The fraction of sp³-hybridized carbons (Fsp3) is 0.739. The van der Waals surface area contributed by atoms with Crippen LogP contribution >= 0.6 is 0 Å². The van der Waals surface area contributed by atoms with Crippen LogP contribution in [0.4, 0.5) is 4.79 Å². The van der Waals surface area contributed by atoms with Gasteiger partial charge in [-0.2, -0.15) is 0 Å². The average Bonchev–Trinajstić information content (AvgIpc) is 3.47. The van der Waals surface area contributed by atoms with Crippen LogP contribution in [0.15, 0.2) is 17.6 Å². The van der Waals surface area contributed by atoms with Gasteiger partial charge in [-0.1, -0.05) is 13.0 Å². The minimum absolute atomic E-state index is 0.124. The molecule has 4 atom stereocenters. The van der Waals surface area contributed by atoms with Gasteiger partial charge in [0, 0.05) is 25.3 Å². The highest BCUT2D eigenvalue weighted by atomic mass is 16.6. The Bertz CT molecular complexity index is 759. The average molecular weight is 452 g/mol. The van der Waals surface area contributed by atoms with Gasteiger partial charge in [0.25, 0.3) is 0 Å². The van der Waals surface area contributed by atoms with Crippen molar-refractivity contribution >= 4 is 23.9 Å². The molecule has 1 saturated carbocycles. The summed E-state index contributed by atoms with van der Waals surface area (Å²) in [7, 11) is 1.56. The van der Waals surface area contributed by atoms with E-state index in [0.29, 0.717) is 38.7 Å². The Hall–Kier alpha value is -2.42. The number of carbonyl (C=O) groups excluding carboxylic acids is 2. The number of aliphatic imine (C=N–C) groups is 1. The summed E-state index contributed by atoms with van der Waals surface area (Å²) in [6.07, 6.45) is 4.14. The molecule has 0 aromatic carbocycles. The number of nitrogens with zero attached hydrogens (tertiary/aromatic N) is 2. The SMILES string of the molecule is C=CCC[C@]1(CC)CC(=O)N([C@H](CCOC)[C@H]2C[C@@H]2C(=O)O)/C(=N/C(=O)OC(C)(C)C)N1. The van der Waals surface area contributed by atoms with Gasteiger partial charge in [0.1, 0.15) is 5.60 Å². The quantitative estimate of drug-likeness (QED) is 0.489. The normalized spacial score (nSPS) is 27.6. The molecule has 0 spiro atoms. The first-order valence-corrected chi connectivity index (χ1v) is 11.2. The van der Waals surface area contributed by atoms with Crippen LogP contribution in [0.3, 0.4) is 0 Å². The molecule has 0 aromatic rings. The molecule has 9 nitrogen and oxygen atoms in total. The molecule has 2 N–H and O–H groups in total. The summed E-state index contributed by atoms with van der Waals surface area (Å²) < 4.78 is 10.6. The Balaban J connectivity index is 2.44. The standard InChI is InChI=1S/C23H37N3O6/c1-7-9-11-23(8-2)14-18(27)26(20(25-23)24-21(30)32-22(3,4)5)17(10-12-31-6)15-13-16(15)19(28)29/h7,15-17H,1,8-14H2,2-6H3,(H,28,29)(H,24,25,30)/t15-,16-,17+,23+/m0/s1. The fourth-order valence-electron chi connectivity index (χ4n) is 4.25. The topological polar surface area (TPSA) is 118 Å². The maximum absolute atomic E-state index is 13.5. The van der Waals surface area contributed by atoms with E-state index < -0.39 is 35.2 Å². The van der Waals surface area contributed by atoms with E-state index in [4.69, 9.17) is 9.47 Å². The van der Waals surface area contributed by atoms with Crippen LogP contribution in [0.25, 0.3) is 0 Å². The molecule has 1 saturated heterocycles. The van der Waals surface area contributed by atoms with E-state index in [0.717, 1.165) is 0 Å². The molecule has 9 heteroatoms. The first-order valence-electron chi connectivity index (χ1n) is 11.2. The lowest BCUT2D eigenvalue weighted by atomic mass is 9.84. The van der Waals surface area contributed by atoms with Crippen molar-refractivity contribution < 1.29 is 29.0 Å². The summed E-state index contributed by atoms with van der Waals surface area (Å²) >= 11 is 0. The summed E-state index contributed by atoms with van der Waals surface area (Å²) in [5.74, 6) is -1.69. The second-order valence-corrected chi connectivity index (χ2v) is 9.64. The van der Waals surface area contributed by atoms with Crippen molar-refractivity contribution in [1.82, 2.24) is 10.2 Å². The molecule has 2 fully saturated rings. The number of rotatable bonds is 10. The van der Waals surface area contributed by atoms with Gasteiger partial charge < -0.3 is 19.9 Å². The number of carboxylic acid groups (broad SMARTS) is 1. The number of nitrogens with one attached hydrogen (secondary N) is 1. The van der Waals surface area contributed by atoms with E-state index in [-0.39, 0.29) is 24.2 Å². The Morgan fingerprint density at radius 2 is 2.12 bits per heavy atom. The van der Waals surface area contributed by atoms with Crippen LogP contribution < -0.4 is 5.32 Å². The summed E-state index contributed by atoms with van der Waals surface area (Å²) in [6.45, 7) is 11.3. The van der Waals surface area contributed by atoms with E-state index in [1.165, 1.54) is 4.90 Å². The highest BCUT2D eigenvalue weighted by Crippen LogP contribution is 2.45. The Morgan fingerprint density at radius 1 is 1.44 bits per heavy atom. The molecule has 1 heterocycles. The minimum Gasteiger partial charge on any atom is -0.481 e. The Labute approximate surface area is 190 Å². The number of ether oxygens (including phenoxy) is 2. The fourth-order valence-corrected chi connectivity index (χ4v) is 4.25. The van der Waals surface area contributed by atoms with E-state index >= 15 is 0 Å². The third kappa shape index (κ3) is 6.54. The van der Waals surface area contributed by atoms with Gasteiger partial charge in [-0.25, -0.2) is 4.79 Å². The van der Waals surface area contributed by atoms with Crippen molar-refractivity contribution in [3.8, 4) is 0 Å². The molecule has 180 valence electrons. The zero-order chi connectivity index (χ0) is 24.1. The van der Waals surface area contributed by atoms with Gasteiger partial charge in [-0.05, 0) is 58.8 Å². The molecule has 1 aliphatic heterocycles. The van der Waals surface area contributed by atoms with Crippen LogP contribution in [0.5, 0.6) is 0 Å². The first kappa shape index (κ1) is 25.8. The summed E-state index contributed by atoms with van der Waals surface area (Å²) in [5.41, 5.74) is -1.31. The molecular formula is C23H37N3O6. The summed E-state index contributed by atoms with van der Waals surface area (Å²) in [4.78, 5) is 43.2. The number of aliphatic carboxylic acids is 1. The predicted molar refractivity (Wildman–Crippen MR) is 120 cm³/mol. The van der Waals surface area contributed by atoms with Crippen molar-refractivity contribution in [2.24, 2.45) is 16.8 Å². The second kappa shape index (κ2) is 10.5. The van der Waals surface area contributed by atoms with Gasteiger partial charge in [-0.3, -0.25) is 14.5 Å². The number of carboxylic acids is 1. The lowest BCUT2D eigenvalue weighted by Crippen LogP contribution is -2.65. The van der Waals surface area contributed by atoms with Crippen LogP contribution in [-0.4, -0.2) is 64.8 Å². The first-order chi connectivity index (χ1) is 15.0. The van der Waals surface area contributed by atoms with Gasteiger partial charge in [0.15, 0.2) is 0 Å². The number of allylic oxidation sites excluding steroid dienone is 1. The Kier molecular flexibility index (Phi) is 8.45. The summed E-state index contributed by atoms with van der Waals surface area (Å²) in [5, 5.41) is 12.8. The van der Waals surface area contributed by atoms with Gasteiger partial charge in [0.2, 0.25) is 11.9 Å². The van der Waals surface area contributed by atoms with E-state index in [2.05, 4.69) is 16.9 Å². The third-order valence-electron chi connectivity index (χ3n) is 6.06. The largest absolute Gasteiger partial charge is 0.481 e. The third-order valence-corrected chi connectivity index (χ3v) is 6.06. The molecular weight excluding hydrogens is 414 g/mol. The zero-order valence-corrected chi connectivity index (χ0v) is 19.8. The number of hydrogen-bond donors (Lipinski definition) is 2. The number of hydrogen-bond acceptors (Lipinski definition) is 5. The second-order valence-electron chi connectivity index (χ2n) is 9.64. The zero-order valence-electron chi connectivity index (χ0n) is 19.8. The molecule has 0 radical (unpaired) electrons. The van der Waals surface area contributed by atoms with Gasteiger partial charge in [-0.15, -0.1) is 11.6 Å². The highest BCUT2D eigenvalue weighted by molar-refractivity contribution is 6.04. The van der Waals surface area contributed by atoms with Crippen molar-refractivity contribution in [3.63, 3.8) is 0 Å². The van der Waals surface area contributed by atoms with E-state index in [9.17, 15) is 19.5 Å². The molecule has 2 rings (SSSR count).